The Hall–Kier alpha value is -0.450. The third-order valence-corrected chi connectivity index (χ3v) is 4.26. The molecule has 0 aliphatic heterocycles. The molecule has 0 aromatic carbocycles. The fraction of sp³-hybridized carbons (Fsp3) is 0.750. The predicted molar refractivity (Wildman–Crippen MR) is 66.9 cm³/mol. The Kier molecular flexibility index (Phi) is 3.62. The molecule has 4 heteroatoms. The molecule has 0 saturated heterocycles. The first-order valence-electron chi connectivity index (χ1n) is 5.99. The summed E-state index contributed by atoms with van der Waals surface area (Å²) in [7, 11) is 0. The number of nitrogens with zero attached hydrogens (tertiary/aromatic N) is 1. The lowest BCUT2D eigenvalue weighted by Gasteiger charge is -2.46. The molecule has 2 rings (SSSR count). The Morgan fingerprint density at radius 1 is 1.56 bits per heavy atom. The zero-order chi connectivity index (χ0) is 11.6. The van der Waals surface area contributed by atoms with Crippen LogP contribution in [-0.4, -0.2) is 24.2 Å². The lowest BCUT2D eigenvalue weighted by molar-refractivity contribution is -0.0531. The van der Waals surface area contributed by atoms with Crippen LogP contribution in [0.5, 0.6) is 0 Å². The molecule has 1 fully saturated rings. The summed E-state index contributed by atoms with van der Waals surface area (Å²) in [6.45, 7) is 8.05. The average molecular weight is 240 g/mol. The second kappa shape index (κ2) is 4.82. The van der Waals surface area contributed by atoms with Gasteiger partial charge in [0.15, 0.2) is 0 Å². The van der Waals surface area contributed by atoms with Gasteiger partial charge in [0.2, 0.25) is 0 Å². The molecule has 1 heterocycles. The Morgan fingerprint density at radius 2 is 2.31 bits per heavy atom. The van der Waals surface area contributed by atoms with E-state index in [0.29, 0.717) is 6.10 Å². The summed E-state index contributed by atoms with van der Waals surface area (Å²) >= 11 is 1.76. The zero-order valence-corrected chi connectivity index (χ0v) is 11.1. The third-order valence-electron chi connectivity index (χ3n) is 3.10. The van der Waals surface area contributed by atoms with Gasteiger partial charge in [-0.3, -0.25) is 0 Å². The first-order chi connectivity index (χ1) is 7.70. The van der Waals surface area contributed by atoms with E-state index in [1.165, 1.54) is 5.01 Å². The van der Waals surface area contributed by atoms with E-state index in [9.17, 15) is 0 Å². The summed E-state index contributed by atoms with van der Waals surface area (Å²) in [5, 5.41) is 6.93. The van der Waals surface area contributed by atoms with Gasteiger partial charge in [0.25, 0.3) is 0 Å². The van der Waals surface area contributed by atoms with Gasteiger partial charge in [0.1, 0.15) is 5.01 Å². The first kappa shape index (κ1) is 12.0. The SMILES string of the molecule is CCNC1(c2nc(C)cs2)CC(OCC)C1. The van der Waals surface area contributed by atoms with Crippen LogP contribution in [0.1, 0.15) is 37.4 Å². The van der Waals surface area contributed by atoms with Gasteiger partial charge >= 0.3 is 0 Å². The van der Waals surface area contributed by atoms with Gasteiger partial charge in [0.05, 0.1) is 11.6 Å². The number of nitrogens with one attached hydrogen (secondary N) is 1. The molecule has 1 saturated carbocycles. The monoisotopic (exact) mass is 240 g/mol. The Bertz CT molecular complexity index is 345. The molecule has 1 aromatic rings. The summed E-state index contributed by atoms with van der Waals surface area (Å²) in [6.07, 6.45) is 2.52. The lowest BCUT2D eigenvalue weighted by atomic mass is 9.74. The maximum absolute atomic E-state index is 5.64. The quantitative estimate of drug-likeness (QED) is 0.858. The normalized spacial score (nSPS) is 29.1. The maximum atomic E-state index is 5.64. The van der Waals surface area contributed by atoms with E-state index >= 15 is 0 Å². The Morgan fingerprint density at radius 3 is 2.81 bits per heavy atom. The van der Waals surface area contributed by atoms with Crippen LogP contribution in [0.4, 0.5) is 0 Å². The van der Waals surface area contributed by atoms with Gasteiger partial charge in [-0.15, -0.1) is 11.3 Å². The van der Waals surface area contributed by atoms with Crippen LogP contribution in [-0.2, 0) is 10.3 Å². The van der Waals surface area contributed by atoms with Crippen LogP contribution in [0.25, 0.3) is 0 Å². The summed E-state index contributed by atoms with van der Waals surface area (Å²) in [6, 6.07) is 0. The maximum Gasteiger partial charge on any atom is 0.113 e. The fourth-order valence-electron chi connectivity index (χ4n) is 2.38. The second-order valence-electron chi connectivity index (χ2n) is 4.39. The summed E-state index contributed by atoms with van der Waals surface area (Å²) in [5.74, 6) is 0. The second-order valence-corrected chi connectivity index (χ2v) is 5.25. The minimum absolute atomic E-state index is 0.0908. The van der Waals surface area contributed by atoms with Crippen molar-refractivity contribution in [3.05, 3.63) is 16.1 Å². The number of hydrogen-bond acceptors (Lipinski definition) is 4. The highest BCUT2D eigenvalue weighted by Crippen LogP contribution is 2.44. The summed E-state index contributed by atoms with van der Waals surface area (Å²) in [4.78, 5) is 4.62. The van der Waals surface area contributed by atoms with Crippen molar-refractivity contribution in [2.24, 2.45) is 0 Å². The zero-order valence-electron chi connectivity index (χ0n) is 10.2. The van der Waals surface area contributed by atoms with E-state index in [1.54, 1.807) is 11.3 Å². The number of rotatable bonds is 5. The van der Waals surface area contributed by atoms with Crippen molar-refractivity contribution < 1.29 is 4.74 Å². The average Bonchev–Trinajstić information content (AvgIpc) is 2.62. The van der Waals surface area contributed by atoms with Gasteiger partial charge < -0.3 is 10.1 Å². The molecule has 0 spiro atoms. The summed E-state index contributed by atoms with van der Waals surface area (Å²) < 4.78 is 5.64. The van der Waals surface area contributed by atoms with Crippen molar-refractivity contribution in [2.75, 3.05) is 13.2 Å². The fourth-order valence-corrected chi connectivity index (χ4v) is 3.37. The van der Waals surface area contributed by atoms with E-state index in [1.807, 2.05) is 0 Å². The highest BCUT2D eigenvalue weighted by molar-refractivity contribution is 7.09. The minimum Gasteiger partial charge on any atom is -0.378 e. The van der Waals surface area contributed by atoms with E-state index < -0.39 is 0 Å². The van der Waals surface area contributed by atoms with Gasteiger partial charge in [-0.25, -0.2) is 4.98 Å². The molecule has 1 aliphatic carbocycles. The van der Waals surface area contributed by atoms with Crippen molar-refractivity contribution >= 4 is 11.3 Å². The molecule has 1 aliphatic rings. The van der Waals surface area contributed by atoms with Gasteiger partial charge in [-0.2, -0.15) is 0 Å². The minimum atomic E-state index is 0.0908. The van der Waals surface area contributed by atoms with Crippen LogP contribution in [0.3, 0.4) is 0 Å². The van der Waals surface area contributed by atoms with E-state index in [-0.39, 0.29) is 5.54 Å². The number of ether oxygens (including phenoxy) is 1. The van der Waals surface area contributed by atoms with Crippen molar-refractivity contribution in [2.45, 2.75) is 45.3 Å². The number of aryl methyl sites for hydroxylation is 1. The molecular weight excluding hydrogens is 220 g/mol. The molecule has 3 nitrogen and oxygen atoms in total. The largest absolute Gasteiger partial charge is 0.378 e. The molecular formula is C12H20N2OS. The van der Waals surface area contributed by atoms with E-state index in [2.05, 4.69) is 36.5 Å². The highest BCUT2D eigenvalue weighted by atomic mass is 32.1. The standard InChI is InChI=1S/C12H20N2OS/c1-4-13-12(6-10(7-12)15-5-2)11-14-9(3)8-16-11/h8,10,13H,4-7H2,1-3H3. The van der Waals surface area contributed by atoms with Crippen LogP contribution < -0.4 is 5.32 Å². The van der Waals surface area contributed by atoms with Gasteiger partial charge in [-0.1, -0.05) is 6.92 Å². The highest BCUT2D eigenvalue weighted by Gasteiger charge is 2.47. The van der Waals surface area contributed by atoms with Crippen LogP contribution in [0, 0.1) is 6.92 Å². The molecule has 0 radical (unpaired) electrons. The molecule has 0 bridgehead atoms. The first-order valence-corrected chi connectivity index (χ1v) is 6.87. The number of thiazole rings is 1. The third kappa shape index (κ3) is 2.14. The molecule has 1 N–H and O–H groups in total. The topological polar surface area (TPSA) is 34.2 Å². The van der Waals surface area contributed by atoms with Gasteiger partial charge in [0, 0.05) is 17.7 Å². The molecule has 0 amide bonds. The van der Waals surface area contributed by atoms with Crippen LogP contribution >= 0.6 is 11.3 Å². The smallest absolute Gasteiger partial charge is 0.113 e. The van der Waals surface area contributed by atoms with Crippen molar-refractivity contribution in [1.29, 1.82) is 0 Å². The Labute approximate surface area is 101 Å². The van der Waals surface area contributed by atoms with E-state index in [4.69, 9.17) is 4.74 Å². The molecule has 16 heavy (non-hydrogen) atoms. The molecule has 1 aromatic heterocycles. The number of hydrogen-bond donors (Lipinski definition) is 1. The lowest BCUT2D eigenvalue weighted by Crippen LogP contribution is -2.55. The summed E-state index contributed by atoms with van der Waals surface area (Å²) in [5.41, 5.74) is 1.21. The van der Waals surface area contributed by atoms with Crippen molar-refractivity contribution in [3.63, 3.8) is 0 Å². The van der Waals surface area contributed by atoms with Crippen molar-refractivity contribution in [1.82, 2.24) is 10.3 Å². The van der Waals surface area contributed by atoms with Crippen molar-refractivity contribution in [3.8, 4) is 0 Å². The predicted octanol–water partition coefficient (Wildman–Crippen LogP) is 2.46. The van der Waals surface area contributed by atoms with Gasteiger partial charge in [-0.05, 0) is 33.2 Å². The van der Waals surface area contributed by atoms with E-state index in [0.717, 1.165) is 31.7 Å². The molecule has 0 unspecified atom stereocenters. The number of aromatic nitrogens is 1. The molecule has 90 valence electrons. The van der Waals surface area contributed by atoms with Crippen LogP contribution in [0.15, 0.2) is 5.38 Å². The van der Waals surface area contributed by atoms with Crippen LogP contribution in [0.2, 0.25) is 0 Å². The molecule has 0 atom stereocenters. The Balaban J connectivity index is 2.07.